The maximum Gasteiger partial charge on any atom is 0.230 e. The van der Waals surface area contributed by atoms with Gasteiger partial charge in [-0.15, -0.1) is 5.10 Å². The van der Waals surface area contributed by atoms with Crippen LogP contribution in [0.1, 0.15) is 12.8 Å². The van der Waals surface area contributed by atoms with Crippen molar-refractivity contribution in [3.05, 3.63) is 6.20 Å². The summed E-state index contributed by atoms with van der Waals surface area (Å²) < 4.78 is 1.61. The summed E-state index contributed by atoms with van der Waals surface area (Å²) in [6.45, 7) is 1.93. The molecule has 8 heteroatoms. The van der Waals surface area contributed by atoms with Gasteiger partial charge in [0.1, 0.15) is 5.69 Å². The molecule has 0 aliphatic carbocycles. The van der Waals surface area contributed by atoms with Crippen LogP contribution in [0.25, 0.3) is 11.5 Å². The first-order chi connectivity index (χ1) is 8.74. The Morgan fingerprint density at radius 2 is 1.94 bits per heavy atom. The van der Waals surface area contributed by atoms with Crippen molar-refractivity contribution in [2.45, 2.75) is 12.8 Å². The summed E-state index contributed by atoms with van der Waals surface area (Å²) in [5.41, 5.74) is 6.47. The fourth-order valence-electron chi connectivity index (χ4n) is 2.05. The minimum Gasteiger partial charge on any atom is -0.368 e. The van der Waals surface area contributed by atoms with E-state index < -0.39 is 0 Å². The Kier molecular flexibility index (Phi) is 2.54. The summed E-state index contributed by atoms with van der Waals surface area (Å²) in [4.78, 5) is 14.9. The molecule has 2 aromatic heterocycles. The standard InChI is InChI=1S/C10H14N8/c1-17-7(6-12-16-17)8-13-9(11)15-10(14-8)18-4-2-3-5-18/h6H,2-5H2,1H3,(H2,11,13,14,15). The fraction of sp³-hybridized carbons (Fsp3) is 0.500. The second-order valence-electron chi connectivity index (χ2n) is 4.25. The van der Waals surface area contributed by atoms with E-state index in [4.69, 9.17) is 5.73 Å². The number of anilines is 2. The summed E-state index contributed by atoms with van der Waals surface area (Å²) >= 11 is 0. The zero-order valence-corrected chi connectivity index (χ0v) is 10.1. The van der Waals surface area contributed by atoms with Crippen LogP contribution in [0.4, 0.5) is 11.9 Å². The molecule has 1 fully saturated rings. The van der Waals surface area contributed by atoms with Crippen LogP contribution < -0.4 is 10.6 Å². The van der Waals surface area contributed by atoms with Gasteiger partial charge in [0, 0.05) is 20.1 Å². The topological polar surface area (TPSA) is 98.6 Å². The van der Waals surface area contributed by atoms with E-state index in [1.807, 2.05) is 0 Å². The van der Waals surface area contributed by atoms with Crippen LogP contribution in [0.2, 0.25) is 0 Å². The predicted molar refractivity (Wildman–Crippen MR) is 65.7 cm³/mol. The molecular formula is C10H14N8. The quantitative estimate of drug-likeness (QED) is 0.786. The first kappa shape index (κ1) is 10.9. The van der Waals surface area contributed by atoms with Crippen molar-refractivity contribution < 1.29 is 0 Å². The first-order valence-corrected chi connectivity index (χ1v) is 5.85. The molecule has 0 unspecified atom stereocenters. The number of hydrogen-bond donors (Lipinski definition) is 1. The Balaban J connectivity index is 2.03. The molecule has 1 aliphatic heterocycles. The van der Waals surface area contributed by atoms with Gasteiger partial charge in [-0.3, -0.25) is 0 Å². The monoisotopic (exact) mass is 246 g/mol. The van der Waals surface area contributed by atoms with Crippen LogP contribution in [0.5, 0.6) is 0 Å². The van der Waals surface area contributed by atoms with Crippen molar-refractivity contribution in [1.29, 1.82) is 0 Å². The Morgan fingerprint density at radius 3 is 2.61 bits per heavy atom. The fourth-order valence-corrected chi connectivity index (χ4v) is 2.05. The lowest BCUT2D eigenvalue weighted by Gasteiger charge is -2.15. The van der Waals surface area contributed by atoms with E-state index >= 15 is 0 Å². The van der Waals surface area contributed by atoms with E-state index in [-0.39, 0.29) is 5.95 Å². The molecule has 0 amide bonds. The number of aryl methyl sites for hydroxylation is 1. The molecule has 2 aromatic rings. The van der Waals surface area contributed by atoms with E-state index in [2.05, 4.69) is 30.2 Å². The zero-order valence-electron chi connectivity index (χ0n) is 10.1. The summed E-state index contributed by atoms with van der Waals surface area (Å²) in [7, 11) is 1.79. The highest BCUT2D eigenvalue weighted by Gasteiger charge is 2.18. The minimum atomic E-state index is 0.225. The Labute approximate surface area is 104 Å². The van der Waals surface area contributed by atoms with Crippen molar-refractivity contribution in [1.82, 2.24) is 29.9 Å². The summed E-state index contributed by atoms with van der Waals surface area (Å²) in [5.74, 6) is 1.37. The smallest absolute Gasteiger partial charge is 0.230 e. The molecule has 18 heavy (non-hydrogen) atoms. The van der Waals surface area contributed by atoms with Gasteiger partial charge in [0.15, 0.2) is 5.82 Å². The third-order valence-electron chi connectivity index (χ3n) is 2.97. The molecule has 0 atom stereocenters. The lowest BCUT2D eigenvalue weighted by molar-refractivity contribution is 0.716. The maximum absolute atomic E-state index is 5.74. The van der Waals surface area contributed by atoms with Crippen LogP contribution in [0.15, 0.2) is 6.20 Å². The Bertz CT molecular complexity index is 557. The molecule has 0 bridgehead atoms. The molecule has 94 valence electrons. The first-order valence-electron chi connectivity index (χ1n) is 5.85. The highest BCUT2D eigenvalue weighted by molar-refractivity contribution is 5.52. The number of nitrogens with two attached hydrogens (primary N) is 1. The van der Waals surface area contributed by atoms with Crippen LogP contribution in [-0.4, -0.2) is 43.0 Å². The van der Waals surface area contributed by atoms with E-state index in [1.165, 1.54) is 0 Å². The van der Waals surface area contributed by atoms with Gasteiger partial charge in [0.25, 0.3) is 0 Å². The molecule has 0 saturated carbocycles. The van der Waals surface area contributed by atoms with E-state index in [1.54, 1.807) is 17.9 Å². The van der Waals surface area contributed by atoms with Gasteiger partial charge in [-0.1, -0.05) is 5.21 Å². The van der Waals surface area contributed by atoms with Gasteiger partial charge in [0.05, 0.1) is 6.20 Å². The van der Waals surface area contributed by atoms with Crippen molar-refractivity contribution in [3.8, 4) is 11.5 Å². The van der Waals surface area contributed by atoms with Gasteiger partial charge >= 0.3 is 0 Å². The van der Waals surface area contributed by atoms with Gasteiger partial charge in [-0.05, 0) is 12.8 Å². The van der Waals surface area contributed by atoms with Crippen LogP contribution >= 0.6 is 0 Å². The number of nitrogen functional groups attached to an aromatic ring is 1. The third kappa shape index (κ3) is 1.85. The summed E-state index contributed by atoms with van der Waals surface area (Å²) in [6, 6.07) is 0. The lowest BCUT2D eigenvalue weighted by atomic mass is 10.4. The van der Waals surface area contributed by atoms with Gasteiger partial charge in [0.2, 0.25) is 11.9 Å². The van der Waals surface area contributed by atoms with Gasteiger partial charge in [-0.2, -0.15) is 15.0 Å². The van der Waals surface area contributed by atoms with E-state index in [9.17, 15) is 0 Å². The summed E-state index contributed by atoms with van der Waals surface area (Å²) in [5, 5.41) is 7.67. The van der Waals surface area contributed by atoms with Crippen molar-refractivity contribution in [2.75, 3.05) is 23.7 Å². The largest absolute Gasteiger partial charge is 0.368 e. The molecule has 3 rings (SSSR count). The Morgan fingerprint density at radius 1 is 1.17 bits per heavy atom. The number of rotatable bonds is 2. The number of nitrogens with zero attached hydrogens (tertiary/aromatic N) is 7. The number of aromatic nitrogens is 6. The van der Waals surface area contributed by atoms with Crippen molar-refractivity contribution in [2.24, 2.45) is 7.05 Å². The van der Waals surface area contributed by atoms with E-state index in [0.717, 1.165) is 31.6 Å². The third-order valence-corrected chi connectivity index (χ3v) is 2.97. The SMILES string of the molecule is Cn1nncc1-c1nc(N)nc(N2CCCC2)n1. The predicted octanol–water partition coefficient (Wildman–Crippen LogP) is -0.151. The number of hydrogen-bond acceptors (Lipinski definition) is 7. The van der Waals surface area contributed by atoms with Crippen molar-refractivity contribution in [3.63, 3.8) is 0 Å². The summed E-state index contributed by atoms with van der Waals surface area (Å²) in [6.07, 6.45) is 3.94. The molecule has 1 saturated heterocycles. The second kappa shape index (κ2) is 4.21. The molecule has 2 N–H and O–H groups in total. The highest BCUT2D eigenvalue weighted by Crippen LogP contribution is 2.20. The zero-order chi connectivity index (χ0) is 12.5. The molecule has 3 heterocycles. The Hall–Kier alpha value is -2.25. The maximum atomic E-state index is 5.74. The van der Waals surface area contributed by atoms with E-state index in [0.29, 0.717) is 11.8 Å². The van der Waals surface area contributed by atoms with Crippen LogP contribution in [-0.2, 0) is 7.05 Å². The van der Waals surface area contributed by atoms with Gasteiger partial charge in [-0.25, -0.2) is 4.68 Å². The second-order valence-corrected chi connectivity index (χ2v) is 4.25. The minimum absolute atomic E-state index is 0.225. The molecule has 0 aromatic carbocycles. The molecule has 0 spiro atoms. The molecule has 8 nitrogen and oxygen atoms in total. The van der Waals surface area contributed by atoms with Crippen LogP contribution in [0.3, 0.4) is 0 Å². The normalized spacial score (nSPS) is 15.3. The highest BCUT2D eigenvalue weighted by atomic mass is 15.4. The average Bonchev–Trinajstić information content (AvgIpc) is 2.98. The molecule has 0 radical (unpaired) electrons. The molecular weight excluding hydrogens is 232 g/mol. The van der Waals surface area contributed by atoms with Crippen molar-refractivity contribution >= 4 is 11.9 Å². The lowest BCUT2D eigenvalue weighted by Crippen LogP contribution is -2.21. The van der Waals surface area contributed by atoms with Gasteiger partial charge < -0.3 is 10.6 Å². The molecule has 1 aliphatic rings. The average molecular weight is 246 g/mol. The van der Waals surface area contributed by atoms with Crippen LogP contribution in [0, 0.1) is 0 Å².